The van der Waals surface area contributed by atoms with Crippen LogP contribution in [0.25, 0.3) is 22.4 Å². The molecule has 5 heteroatoms. The molecule has 2 aromatic carbocycles. The molecule has 0 unspecified atom stereocenters. The molecule has 1 heterocycles. The molecule has 0 aliphatic rings. The molecule has 3 rings (SSSR count). The normalized spacial score (nSPS) is 10.3. The maximum absolute atomic E-state index is 11.1. The van der Waals surface area contributed by atoms with E-state index in [1.165, 1.54) is 0 Å². The Bertz CT molecular complexity index is 805. The van der Waals surface area contributed by atoms with E-state index in [-0.39, 0.29) is 0 Å². The number of methoxy groups -OCH3 is 2. The van der Waals surface area contributed by atoms with Gasteiger partial charge in [-0.3, -0.25) is 0 Å². The molecule has 5 nitrogen and oxygen atoms in total. The first-order chi connectivity index (χ1) is 11.2. The average Bonchev–Trinajstić information content (AvgIpc) is 3.06. The number of H-pyrrole nitrogens is 1. The molecule has 0 aliphatic heterocycles. The first kappa shape index (κ1) is 14.8. The number of ether oxygens (including phenoxy) is 2. The minimum atomic E-state index is 0.306. The molecule has 0 fully saturated rings. The van der Waals surface area contributed by atoms with Crippen molar-refractivity contribution in [2.75, 3.05) is 14.2 Å². The van der Waals surface area contributed by atoms with E-state index in [0.29, 0.717) is 5.82 Å². The smallest absolute Gasteiger partial charge is 0.183 e. The van der Waals surface area contributed by atoms with Gasteiger partial charge in [0, 0.05) is 11.3 Å². The Morgan fingerprint density at radius 2 is 1.35 bits per heavy atom. The van der Waals surface area contributed by atoms with Crippen molar-refractivity contribution in [2.24, 2.45) is 5.18 Å². The molecule has 0 saturated carbocycles. The van der Waals surface area contributed by atoms with Crippen LogP contribution in [0.1, 0.15) is 0 Å². The Morgan fingerprint density at radius 1 is 0.826 bits per heavy atom. The lowest BCUT2D eigenvalue weighted by atomic mass is 10.1. The molecule has 0 spiro atoms. The maximum atomic E-state index is 11.1. The largest absolute Gasteiger partial charge is 0.497 e. The van der Waals surface area contributed by atoms with Crippen molar-refractivity contribution in [3.63, 3.8) is 0 Å². The van der Waals surface area contributed by atoms with E-state index >= 15 is 0 Å². The summed E-state index contributed by atoms with van der Waals surface area (Å²) in [4.78, 5) is 14.2. The number of aromatic amines is 1. The van der Waals surface area contributed by atoms with Gasteiger partial charge in [0.2, 0.25) is 0 Å². The molecule has 0 bridgehead atoms. The Balaban J connectivity index is 2.00. The predicted octanol–water partition coefficient (Wildman–Crippen LogP) is 4.76. The number of benzene rings is 2. The lowest BCUT2D eigenvalue weighted by Crippen LogP contribution is -1.82. The second kappa shape index (κ2) is 6.36. The molecule has 0 radical (unpaired) electrons. The van der Waals surface area contributed by atoms with Crippen LogP contribution in [0.4, 0.5) is 5.82 Å². The fourth-order valence-corrected chi connectivity index (χ4v) is 2.43. The van der Waals surface area contributed by atoms with Crippen molar-refractivity contribution in [3.05, 3.63) is 59.5 Å². The summed E-state index contributed by atoms with van der Waals surface area (Å²) < 4.78 is 10.3. The van der Waals surface area contributed by atoms with Crippen LogP contribution in [0, 0.1) is 4.91 Å². The molecule has 3 aromatic rings. The second-order valence-corrected chi connectivity index (χ2v) is 4.99. The maximum Gasteiger partial charge on any atom is 0.183 e. The van der Waals surface area contributed by atoms with Gasteiger partial charge in [0.1, 0.15) is 11.5 Å². The third kappa shape index (κ3) is 2.94. The van der Waals surface area contributed by atoms with Gasteiger partial charge in [-0.2, -0.15) is 0 Å². The minimum Gasteiger partial charge on any atom is -0.497 e. The summed E-state index contributed by atoms with van der Waals surface area (Å²) in [5, 5.41) is 3.11. The predicted molar refractivity (Wildman–Crippen MR) is 90.2 cm³/mol. The topological polar surface area (TPSA) is 63.7 Å². The average molecular weight is 308 g/mol. The molecule has 1 aromatic heterocycles. The highest BCUT2D eigenvalue weighted by Gasteiger charge is 2.12. The van der Waals surface area contributed by atoms with Crippen LogP contribution >= 0.6 is 0 Å². The van der Waals surface area contributed by atoms with Crippen LogP contribution in [0.5, 0.6) is 11.5 Å². The number of hydrogen-bond donors (Lipinski definition) is 1. The summed E-state index contributed by atoms with van der Waals surface area (Å²) in [7, 11) is 3.24. The van der Waals surface area contributed by atoms with E-state index in [1.807, 2.05) is 54.6 Å². The van der Waals surface area contributed by atoms with E-state index in [2.05, 4.69) is 10.2 Å². The van der Waals surface area contributed by atoms with Crippen molar-refractivity contribution in [1.82, 2.24) is 4.98 Å². The monoisotopic (exact) mass is 308 g/mol. The number of nitrogens with zero attached hydrogens (tertiary/aromatic N) is 1. The van der Waals surface area contributed by atoms with Gasteiger partial charge in [0.25, 0.3) is 0 Å². The molecular formula is C18H16N2O3. The van der Waals surface area contributed by atoms with Crippen LogP contribution in [0.2, 0.25) is 0 Å². The van der Waals surface area contributed by atoms with Crippen molar-refractivity contribution in [1.29, 1.82) is 0 Å². The molecule has 1 N–H and O–H groups in total. The molecule has 23 heavy (non-hydrogen) atoms. The zero-order valence-corrected chi connectivity index (χ0v) is 12.9. The SMILES string of the molecule is COc1ccc(-c2cc(-c3ccc(OC)cc3)c(N=O)[nH]2)cc1. The van der Waals surface area contributed by atoms with Crippen LogP contribution in [-0.2, 0) is 0 Å². The van der Waals surface area contributed by atoms with Crippen LogP contribution in [-0.4, -0.2) is 19.2 Å². The minimum absolute atomic E-state index is 0.306. The Morgan fingerprint density at radius 3 is 1.83 bits per heavy atom. The lowest BCUT2D eigenvalue weighted by Gasteiger charge is -2.02. The van der Waals surface area contributed by atoms with Gasteiger partial charge in [-0.15, -0.1) is 4.91 Å². The third-order valence-electron chi connectivity index (χ3n) is 3.69. The van der Waals surface area contributed by atoms with E-state index < -0.39 is 0 Å². The lowest BCUT2D eigenvalue weighted by molar-refractivity contribution is 0.415. The van der Waals surface area contributed by atoms with Crippen LogP contribution < -0.4 is 9.47 Å². The van der Waals surface area contributed by atoms with Crippen molar-refractivity contribution >= 4 is 5.82 Å². The summed E-state index contributed by atoms with van der Waals surface area (Å²) in [5.41, 5.74) is 3.44. The van der Waals surface area contributed by atoms with E-state index in [1.54, 1.807) is 14.2 Å². The molecule has 0 atom stereocenters. The molecule has 0 aliphatic carbocycles. The molecule has 0 saturated heterocycles. The second-order valence-electron chi connectivity index (χ2n) is 4.99. The zero-order valence-electron chi connectivity index (χ0n) is 12.9. The standard InChI is InChI=1S/C18H16N2O3/c1-22-14-7-3-12(4-8-14)16-11-17(19-18(16)20-21)13-5-9-15(23-2)10-6-13/h3-11,19H,1-2H3. The number of nitroso groups, excluding NO2 is 1. The zero-order chi connectivity index (χ0) is 16.2. The van der Waals surface area contributed by atoms with Gasteiger partial charge in [-0.25, -0.2) is 0 Å². The van der Waals surface area contributed by atoms with Crippen molar-refractivity contribution < 1.29 is 9.47 Å². The Hall–Kier alpha value is -3.08. The fourth-order valence-electron chi connectivity index (χ4n) is 2.43. The molecular weight excluding hydrogens is 292 g/mol. The highest BCUT2D eigenvalue weighted by atomic mass is 16.5. The van der Waals surface area contributed by atoms with Gasteiger partial charge in [-0.1, -0.05) is 12.1 Å². The van der Waals surface area contributed by atoms with Gasteiger partial charge in [-0.05, 0) is 58.8 Å². The summed E-state index contributed by atoms with van der Waals surface area (Å²) >= 11 is 0. The summed E-state index contributed by atoms with van der Waals surface area (Å²) in [6.07, 6.45) is 0. The van der Waals surface area contributed by atoms with Crippen molar-refractivity contribution in [3.8, 4) is 33.9 Å². The van der Waals surface area contributed by atoms with Crippen LogP contribution in [0.3, 0.4) is 0 Å². The van der Waals surface area contributed by atoms with Crippen molar-refractivity contribution in [2.45, 2.75) is 0 Å². The first-order valence-electron chi connectivity index (χ1n) is 7.10. The van der Waals surface area contributed by atoms with Gasteiger partial charge >= 0.3 is 0 Å². The Labute approximate surface area is 133 Å². The van der Waals surface area contributed by atoms with E-state index in [9.17, 15) is 4.91 Å². The van der Waals surface area contributed by atoms with Gasteiger partial charge in [0.05, 0.1) is 14.2 Å². The fraction of sp³-hybridized carbons (Fsp3) is 0.111. The number of aromatic nitrogens is 1. The molecule has 116 valence electrons. The molecule has 0 amide bonds. The Kier molecular flexibility index (Phi) is 4.10. The highest BCUT2D eigenvalue weighted by Crippen LogP contribution is 2.35. The summed E-state index contributed by atoms with van der Waals surface area (Å²) in [6, 6.07) is 17.0. The first-order valence-corrected chi connectivity index (χ1v) is 7.10. The highest BCUT2D eigenvalue weighted by molar-refractivity contribution is 5.80. The van der Waals surface area contributed by atoms with Gasteiger partial charge in [0.15, 0.2) is 5.82 Å². The van der Waals surface area contributed by atoms with E-state index in [4.69, 9.17) is 9.47 Å². The van der Waals surface area contributed by atoms with Gasteiger partial charge < -0.3 is 14.5 Å². The third-order valence-corrected chi connectivity index (χ3v) is 3.69. The quantitative estimate of drug-likeness (QED) is 0.691. The number of hydrogen-bond acceptors (Lipinski definition) is 4. The summed E-state index contributed by atoms with van der Waals surface area (Å²) in [5.74, 6) is 1.85. The van der Waals surface area contributed by atoms with E-state index in [0.717, 1.165) is 33.9 Å². The summed E-state index contributed by atoms with van der Waals surface area (Å²) in [6.45, 7) is 0. The van der Waals surface area contributed by atoms with Crippen LogP contribution in [0.15, 0.2) is 59.8 Å². The number of rotatable bonds is 5. The number of nitrogens with one attached hydrogen (secondary N) is 1.